The van der Waals surface area contributed by atoms with Crippen LogP contribution in [-0.4, -0.2) is 122 Å². The predicted octanol–water partition coefficient (Wildman–Crippen LogP) is 22.8. The molecule has 0 aromatic heterocycles. The smallest absolute Gasteiger partial charge is 0.507 e. The van der Waals surface area contributed by atoms with Gasteiger partial charge in [-0.2, -0.15) is 0 Å². The Bertz CT molecular complexity index is 4370. The van der Waals surface area contributed by atoms with E-state index in [1.54, 1.807) is 52.3 Å². The van der Waals surface area contributed by atoms with Gasteiger partial charge < -0.3 is 68.5 Å². The van der Waals surface area contributed by atoms with Crippen molar-refractivity contribution in [1.29, 1.82) is 0 Å². The normalized spacial score (nSPS) is 11.9. The lowest BCUT2D eigenvalue weighted by Crippen LogP contribution is -2.15. The maximum absolute atomic E-state index is 12.4. The average molecular weight is 1670 g/mol. The topological polar surface area (TPSA) is 263 Å². The van der Waals surface area contributed by atoms with Crippen LogP contribution in [0.1, 0.15) is 298 Å². The molecule has 0 aliphatic heterocycles. The summed E-state index contributed by atoms with van der Waals surface area (Å²) in [5.41, 5.74) is 15.7. The molecule has 121 heavy (non-hydrogen) atoms. The summed E-state index contributed by atoms with van der Waals surface area (Å²) < 4.78 is 41.3. The lowest BCUT2D eigenvalue weighted by molar-refractivity contribution is 0.0491. The van der Waals surface area contributed by atoms with Gasteiger partial charge in [0.25, 0.3) is 0 Å². The molecule has 0 bridgehead atoms. The Morgan fingerprint density at radius 2 is 0.455 bits per heavy atom. The number of hydrogen-bond donors (Lipinski definition) is 6. The van der Waals surface area contributed by atoms with E-state index in [-0.39, 0.29) is 107 Å². The number of phenolic OH excluding ortho intramolecular Hbond substituents is 6. The maximum Gasteiger partial charge on any atom is 0.508 e. The number of aromatic hydroxyl groups is 6. The number of hydrogen-bond acceptors (Lipinski definition) is 18. The van der Waals surface area contributed by atoms with Gasteiger partial charge in [0.15, 0.2) is 0 Å². The molecule has 0 radical (unpaired) electrons. The first-order valence-corrected chi connectivity index (χ1v) is 42.9. The fourth-order valence-electron chi connectivity index (χ4n) is 14.5. The van der Waals surface area contributed by atoms with Gasteiger partial charge >= 0.3 is 24.2 Å². The number of carbonyl (C=O) groups excluding carboxylic acids is 4. The number of benzene rings is 8. The number of esters is 2. The third-order valence-electron chi connectivity index (χ3n) is 21.0. The highest BCUT2D eigenvalue weighted by atomic mass is 16.7. The van der Waals surface area contributed by atoms with Crippen molar-refractivity contribution in [3.8, 4) is 34.5 Å². The van der Waals surface area contributed by atoms with Crippen LogP contribution in [-0.2, 0) is 128 Å². The van der Waals surface area contributed by atoms with Gasteiger partial charge in [0, 0.05) is 46.7 Å². The van der Waals surface area contributed by atoms with Crippen molar-refractivity contribution in [3.05, 3.63) is 245 Å². The van der Waals surface area contributed by atoms with Gasteiger partial charge in [0.05, 0.1) is 50.8 Å². The van der Waals surface area contributed by atoms with E-state index >= 15 is 0 Å². The van der Waals surface area contributed by atoms with Crippen molar-refractivity contribution in [2.75, 3.05) is 67.1 Å². The second-order valence-corrected chi connectivity index (χ2v) is 37.6. The van der Waals surface area contributed by atoms with Crippen LogP contribution in [0.25, 0.3) is 0 Å². The highest BCUT2D eigenvalue weighted by Gasteiger charge is 2.30. The Hall–Kier alpha value is -10.0. The van der Waals surface area contributed by atoms with Crippen LogP contribution in [0.3, 0.4) is 0 Å². The predicted molar refractivity (Wildman–Crippen MR) is 482 cm³/mol. The van der Waals surface area contributed by atoms with Crippen molar-refractivity contribution in [2.45, 2.75) is 267 Å². The van der Waals surface area contributed by atoms with Gasteiger partial charge in [-0.05, 0) is 248 Å². The highest BCUT2D eigenvalue weighted by Crippen LogP contribution is 2.45. The molecule has 8 aromatic carbocycles. The second kappa shape index (κ2) is 45.7. The quantitative estimate of drug-likeness (QED) is 0.0124. The van der Waals surface area contributed by atoms with E-state index in [4.69, 9.17) is 37.9 Å². The van der Waals surface area contributed by atoms with Crippen molar-refractivity contribution in [2.24, 2.45) is 0 Å². The lowest BCUT2D eigenvalue weighted by atomic mass is 9.81. The molecule has 18 nitrogen and oxygen atoms in total. The Morgan fingerprint density at radius 1 is 0.264 bits per heavy atom. The number of carbonyl (C=O) groups is 4. The first-order chi connectivity index (χ1) is 56.8. The van der Waals surface area contributed by atoms with Gasteiger partial charge in [0.1, 0.15) is 34.5 Å². The van der Waals surface area contributed by atoms with E-state index in [2.05, 4.69) is 107 Å². The zero-order chi connectivity index (χ0) is 89.8. The number of methoxy groups -OCH3 is 2. The molecular formula is C103H140O18. The first-order valence-electron chi connectivity index (χ1n) is 42.9. The molecule has 0 atom stereocenters. The summed E-state index contributed by atoms with van der Waals surface area (Å²) >= 11 is 0. The molecule has 0 aliphatic rings. The highest BCUT2D eigenvalue weighted by molar-refractivity contribution is 5.89. The minimum atomic E-state index is -0.674. The van der Waals surface area contributed by atoms with Gasteiger partial charge in [-0.1, -0.05) is 234 Å². The summed E-state index contributed by atoms with van der Waals surface area (Å²) in [7, 11) is 3.44. The zero-order valence-electron chi connectivity index (χ0n) is 76.5. The summed E-state index contributed by atoms with van der Waals surface area (Å²) in [5.74, 6) is 0.874. The first kappa shape index (κ1) is 99.8. The van der Waals surface area contributed by atoms with Crippen LogP contribution >= 0.6 is 0 Å². The summed E-state index contributed by atoms with van der Waals surface area (Å²) in [6.07, 6.45) is 8.57. The fraction of sp³-hybridized carbons (Fsp3) is 0.495. The minimum absolute atomic E-state index is 0.184. The van der Waals surface area contributed by atoms with Crippen molar-refractivity contribution < 1.29 is 87.7 Å². The molecule has 0 saturated heterocycles. The fourth-order valence-corrected chi connectivity index (χ4v) is 14.5. The molecule has 6 N–H and O–H groups in total. The standard InChI is InChI=1S/C41H48O6.C33H48O8.C29H44O4/c1-40(2,3)34-25-28(15-13-21-46-38(44)30-17-9-7-10-18-30)23-32(36(34)42)27-33-24-29(26-35(37(33)43)41(4,5)6)16-14-22-47-39(45)31-19-11-8-12-20-31;1-9-38-30(36)40-15-11-13-22-17-24(28(34)26(19-22)32(3,4)5)21-25-18-23(14-12-16-41-31(37)39-10-2)20-27(29(25)35)33(6,7)8;1-28(2,3)24-17-20(11-9-13-32-7)15-22(26(24)30)19-23-16-21(12-10-14-33-8)18-25(27(23)31)29(4,5)6/h7-12,17-20,23-26,42-43H,13-16,21-22,27H2,1-6H3;17-20,34-35H,9-16,21H2,1-8H3;15-18,30-31H,9-14,19H2,1-8H3. The van der Waals surface area contributed by atoms with E-state index in [1.807, 2.05) is 126 Å². The summed E-state index contributed by atoms with van der Waals surface area (Å²) in [6.45, 7) is 43.9. The SMILES string of the molecule is CC(C)(C)c1cc(CCCOC(=O)c2ccccc2)cc(Cc2cc(CCCOC(=O)c3ccccc3)cc(C(C)(C)C)c2O)c1O.CCOC(=O)OCCCc1cc(Cc2cc(CCCOC(=O)OCC)cc(C(C)(C)C)c2O)c(O)c(C(C)(C)C)c1.COCCCc1cc(Cc2cc(CCCOC)cc(C(C)(C)C)c2O)c(O)c(C(C)(C)C)c1. The molecule has 18 heteroatoms. The van der Waals surface area contributed by atoms with Crippen LogP contribution in [0, 0.1) is 0 Å². The zero-order valence-corrected chi connectivity index (χ0v) is 76.5. The van der Waals surface area contributed by atoms with Crippen LogP contribution in [0.2, 0.25) is 0 Å². The molecule has 8 rings (SSSR count). The monoisotopic (exact) mass is 1670 g/mol. The number of ether oxygens (including phenoxy) is 8. The van der Waals surface area contributed by atoms with Crippen LogP contribution in [0.15, 0.2) is 133 Å². The van der Waals surface area contributed by atoms with E-state index in [1.165, 1.54) is 11.1 Å². The van der Waals surface area contributed by atoms with E-state index in [0.717, 1.165) is 115 Å². The molecule has 0 unspecified atom stereocenters. The van der Waals surface area contributed by atoms with Crippen molar-refractivity contribution in [3.63, 3.8) is 0 Å². The molecule has 8 aromatic rings. The van der Waals surface area contributed by atoms with Crippen molar-refractivity contribution in [1.82, 2.24) is 0 Å². The van der Waals surface area contributed by atoms with Crippen molar-refractivity contribution >= 4 is 24.2 Å². The van der Waals surface area contributed by atoms with Crippen LogP contribution in [0.4, 0.5) is 9.59 Å². The maximum atomic E-state index is 12.4. The summed E-state index contributed by atoms with van der Waals surface area (Å²) in [6, 6.07) is 42.3. The Labute approximate surface area is 721 Å². The van der Waals surface area contributed by atoms with Crippen LogP contribution in [0.5, 0.6) is 34.5 Å². The molecule has 660 valence electrons. The van der Waals surface area contributed by atoms with Gasteiger partial charge in [0.2, 0.25) is 0 Å². The second-order valence-electron chi connectivity index (χ2n) is 37.6. The average Bonchev–Trinajstić information content (AvgIpc) is 0.788. The number of phenols is 6. The van der Waals surface area contributed by atoms with Gasteiger partial charge in [-0.3, -0.25) is 0 Å². The summed E-state index contributed by atoms with van der Waals surface area (Å²) in [4.78, 5) is 47.8. The Balaban J connectivity index is 0.000000286. The molecule has 0 spiro atoms. The number of rotatable bonds is 34. The number of aryl methyl sites for hydroxylation is 6. The molecule has 0 heterocycles. The third-order valence-corrected chi connectivity index (χ3v) is 21.0. The molecular weight excluding hydrogens is 1530 g/mol. The van der Waals surface area contributed by atoms with Crippen LogP contribution < -0.4 is 0 Å². The molecule has 0 fully saturated rings. The minimum Gasteiger partial charge on any atom is -0.507 e. The molecule has 0 aliphatic carbocycles. The van der Waals surface area contributed by atoms with E-state index in [9.17, 15) is 49.8 Å². The Kier molecular flexibility index (Phi) is 37.7. The Morgan fingerprint density at radius 3 is 0.636 bits per heavy atom. The largest absolute Gasteiger partial charge is 0.508 e. The lowest BCUT2D eigenvalue weighted by Gasteiger charge is -2.25. The summed E-state index contributed by atoms with van der Waals surface area (Å²) in [5, 5.41) is 68.1. The third kappa shape index (κ3) is 31.4. The van der Waals surface area contributed by atoms with Gasteiger partial charge in [-0.15, -0.1) is 0 Å². The van der Waals surface area contributed by atoms with Gasteiger partial charge in [-0.25, -0.2) is 19.2 Å². The molecule has 0 saturated carbocycles. The van der Waals surface area contributed by atoms with E-state index < -0.39 is 12.3 Å². The van der Waals surface area contributed by atoms with E-state index in [0.29, 0.717) is 106 Å². The molecule has 0 amide bonds.